The summed E-state index contributed by atoms with van der Waals surface area (Å²) in [5.74, 6) is -2.53. The highest BCUT2D eigenvalue weighted by Crippen LogP contribution is 2.24. The Bertz CT molecular complexity index is 828. The summed E-state index contributed by atoms with van der Waals surface area (Å²) in [5.41, 5.74) is 5.20. The van der Waals surface area contributed by atoms with Crippen LogP contribution in [0.1, 0.15) is 26.7 Å². The van der Waals surface area contributed by atoms with Gasteiger partial charge in [0.2, 0.25) is 11.8 Å². The Morgan fingerprint density at radius 1 is 1.43 bits per heavy atom. The van der Waals surface area contributed by atoms with Crippen molar-refractivity contribution in [1.82, 2.24) is 14.6 Å². The first kappa shape index (κ1) is 22.0. The molecule has 0 spiro atoms. The van der Waals surface area contributed by atoms with Gasteiger partial charge in [-0.25, -0.2) is 9.29 Å². The Morgan fingerprint density at radius 3 is 2.75 bits per heavy atom. The van der Waals surface area contributed by atoms with Crippen molar-refractivity contribution in [2.45, 2.75) is 37.8 Å². The number of carbonyl (C=O) groups is 3. The Labute approximate surface area is 164 Å². The number of amides is 2. The van der Waals surface area contributed by atoms with E-state index < -0.39 is 39.6 Å². The number of primary amides is 1. The fraction of sp³-hybridized carbons (Fsp3) is 0.500. The van der Waals surface area contributed by atoms with Crippen molar-refractivity contribution in [2.75, 3.05) is 13.1 Å². The lowest BCUT2D eigenvalue weighted by Crippen LogP contribution is -2.50. The predicted molar refractivity (Wildman–Crippen MR) is 101 cm³/mol. The third kappa shape index (κ3) is 5.14. The second kappa shape index (κ2) is 9.24. The number of ketones is 1. The standard InChI is InChI=1S/C18H25N4O5S/c1-12-9-14(15(23)11-20-10-12)22(17(24)7-6-13(2)18(19)25)28(26,27)16-5-3-4-8-21-16/h3-5,7-8,12-14,20H,6,9-11H2,1-2H3,(H2,19,25)/t12?,13?,14-/m0/s1. The summed E-state index contributed by atoms with van der Waals surface area (Å²) in [5, 5.41) is 2.64. The van der Waals surface area contributed by atoms with Crippen molar-refractivity contribution in [3.8, 4) is 0 Å². The number of sulfonamides is 1. The Balaban J connectivity index is 2.41. The van der Waals surface area contributed by atoms with Gasteiger partial charge in [0.1, 0.15) is 6.04 Å². The highest BCUT2D eigenvalue weighted by Gasteiger charge is 2.41. The van der Waals surface area contributed by atoms with E-state index in [0.29, 0.717) is 10.8 Å². The summed E-state index contributed by atoms with van der Waals surface area (Å²) < 4.78 is 27.0. The monoisotopic (exact) mass is 409 g/mol. The minimum Gasteiger partial charge on any atom is -0.369 e. The lowest BCUT2D eigenvalue weighted by molar-refractivity contribution is -0.131. The van der Waals surface area contributed by atoms with Gasteiger partial charge in [-0.2, -0.15) is 8.42 Å². The first-order chi connectivity index (χ1) is 13.1. The maximum atomic E-state index is 13.2. The van der Waals surface area contributed by atoms with E-state index in [-0.39, 0.29) is 30.3 Å². The van der Waals surface area contributed by atoms with Gasteiger partial charge in [0, 0.05) is 12.1 Å². The normalized spacial score (nSPS) is 21.6. The first-order valence-electron chi connectivity index (χ1n) is 9.00. The third-order valence-electron chi connectivity index (χ3n) is 4.58. The van der Waals surface area contributed by atoms with Crippen LogP contribution in [0.5, 0.6) is 0 Å². The number of nitrogens with zero attached hydrogens (tertiary/aromatic N) is 2. The lowest BCUT2D eigenvalue weighted by atomic mass is 10.00. The molecule has 3 N–H and O–H groups in total. The molecule has 0 bridgehead atoms. The van der Waals surface area contributed by atoms with E-state index in [9.17, 15) is 22.8 Å². The quantitative estimate of drug-likeness (QED) is 0.640. The molecule has 2 amide bonds. The number of aromatic nitrogens is 1. The summed E-state index contributed by atoms with van der Waals surface area (Å²) in [6.45, 7) is 3.91. The minimum atomic E-state index is -4.36. The first-order valence-corrected chi connectivity index (χ1v) is 10.4. The third-order valence-corrected chi connectivity index (χ3v) is 6.30. The number of rotatable bonds is 7. The van der Waals surface area contributed by atoms with Gasteiger partial charge >= 0.3 is 0 Å². The molecule has 1 saturated heterocycles. The molecular formula is C18H25N4O5S. The number of hydrogen-bond acceptors (Lipinski definition) is 7. The molecule has 2 unspecified atom stereocenters. The molecule has 28 heavy (non-hydrogen) atoms. The molecule has 1 aliphatic rings. The SMILES string of the molecule is CC1CNCC(=O)[C@@H](N(C(=O)[CH]CC(C)C(N)=O)S(=O)(=O)c2ccccn2)C1. The van der Waals surface area contributed by atoms with E-state index in [2.05, 4.69) is 10.3 Å². The fourth-order valence-electron chi connectivity index (χ4n) is 2.91. The van der Waals surface area contributed by atoms with Crippen LogP contribution in [0.25, 0.3) is 0 Å². The molecule has 1 radical (unpaired) electrons. The summed E-state index contributed by atoms with van der Waals surface area (Å²) in [6.07, 6.45) is 2.56. The van der Waals surface area contributed by atoms with Crippen LogP contribution in [0, 0.1) is 18.3 Å². The van der Waals surface area contributed by atoms with Gasteiger partial charge < -0.3 is 11.1 Å². The molecule has 1 aromatic rings. The molecule has 2 heterocycles. The maximum Gasteiger partial charge on any atom is 0.284 e. The van der Waals surface area contributed by atoms with Crippen LogP contribution in [-0.2, 0) is 24.4 Å². The van der Waals surface area contributed by atoms with E-state index in [1.165, 1.54) is 25.3 Å². The van der Waals surface area contributed by atoms with Gasteiger partial charge in [0.15, 0.2) is 10.8 Å². The average molecular weight is 409 g/mol. The van der Waals surface area contributed by atoms with Crippen LogP contribution in [0.4, 0.5) is 0 Å². The molecule has 153 valence electrons. The number of nitrogens with one attached hydrogen (secondary N) is 1. The van der Waals surface area contributed by atoms with Gasteiger partial charge in [0.25, 0.3) is 10.0 Å². The van der Waals surface area contributed by atoms with Gasteiger partial charge in [0.05, 0.1) is 13.0 Å². The number of pyridine rings is 1. The molecular weight excluding hydrogens is 384 g/mol. The molecule has 10 heteroatoms. The van der Waals surface area contributed by atoms with E-state index in [4.69, 9.17) is 5.73 Å². The summed E-state index contributed by atoms with van der Waals surface area (Å²) in [6, 6.07) is 3.16. The fourth-order valence-corrected chi connectivity index (χ4v) is 4.40. The predicted octanol–water partition coefficient (Wildman–Crippen LogP) is -0.118. The largest absolute Gasteiger partial charge is 0.369 e. The van der Waals surface area contributed by atoms with Crippen molar-refractivity contribution in [1.29, 1.82) is 0 Å². The molecule has 0 aromatic carbocycles. The number of Topliss-reactive ketones (excluding diaryl/α,β-unsaturated/α-hetero) is 1. The summed E-state index contributed by atoms with van der Waals surface area (Å²) >= 11 is 0. The minimum absolute atomic E-state index is 0.0183. The van der Waals surface area contributed by atoms with E-state index in [1.54, 1.807) is 6.07 Å². The zero-order valence-corrected chi connectivity index (χ0v) is 16.7. The molecule has 1 fully saturated rings. The smallest absolute Gasteiger partial charge is 0.284 e. The second-order valence-corrected chi connectivity index (χ2v) is 8.77. The Kier molecular flexibility index (Phi) is 7.25. The van der Waals surface area contributed by atoms with Gasteiger partial charge in [-0.3, -0.25) is 14.4 Å². The summed E-state index contributed by atoms with van der Waals surface area (Å²) in [4.78, 5) is 40.6. The van der Waals surface area contributed by atoms with Crippen molar-refractivity contribution in [3.05, 3.63) is 30.8 Å². The van der Waals surface area contributed by atoms with Gasteiger partial charge in [-0.15, -0.1) is 0 Å². The molecule has 9 nitrogen and oxygen atoms in total. The van der Waals surface area contributed by atoms with Gasteiger partial charge in [-0.05, 0) is 37.4 Å². The molecule has 0 aliphatic carbocycles. The van der Waals surface area contributed by atoms with E-state index in [0.717, 1.165) is 6.42 Å². The van der Waals surface area contributed by atoms with Crippen molar-refractivity contribution in [2.24, 2.45) is 17.6 Å². The van der Waals surface area contributed by atoms with Crippen LogP contribution >= 0.6 is 0 Å². The van der Waals surface area contributed by atoms with Crippen molar-refractivity contribution in [3.63, 3.8) is 0 Å². The number of carbonyl (C=O) groups excluding carboxylic acids is 3. The highest BCUT2D eigenvalue weighted by atomic mass is 32.2. The Hall–Kier alpha value is -2.33. The molecule has 0 saturated carbocycles. The second-order valence-electron chi connectivity index (χ2n) is 7.00. The molecule has 1 aromatic heterocycles. The number of nitrogens with two attached hydrogens (primary N) is 1. The van der Waals surface area contributed by atoms with Crippen LogP contribution in [0.2, 0.25) is 0 Å². The zero-order chi connectivity index (χ0) is 20.9. The Morgan fingerprint density at radius 2 is 2.14 bits per heavy atom. The van der Waals surface area contributed by atoms with Gasteiger partial charge in [-0.1, -0.05) is 19.9 Å². The van der Waals surface area contributed by atoms with E-state index in [1.807, 2.05) is 6.92 Å². The number of hydrogen-bond donors (Lipinski definition) is 2. The van der Waals surface area contributed by atoms with Crippen LogP contribution in [-0.4, -0.2) is 54.4 Å². The lowest BCUT2D eigenvalue weighted by Gasteiger charge is -2.30. The zero-order valence-electron chi connectivity index (χ0n) is 15.9. The van der Waals surface area contributed by atoms with E-state index >= 15 is 0 Å². The highest BCUT2D eigenvalue weighted by molar-refractivity contribution is 7.89. The molecule has 3 atom stereocenters. The average Bonchev–Trinajstić information content (AvgIpc) is 2.81. The van der Waals surface area contributed by atoms with Crippen molar-refractivity contribution < 1.29 is 22.8 Å². The summed E-state index contributed by atoms with van der Waals surface area (Å²) in [7, 11) is -4.36. The molecule has 2 rings (SSSR count). The molecule has 1 aliphatic heterocycles. The topological polar surface area (TPSA) is 140 Å². The van der Waals surface area contributed by atoms with Crippen molar-refractivity contribution >= 4 is 27.6 Å². The van der Waals surface area contributed by atoms with Crippen LogP contribution in [0.3, 0.4) is 0 Å². The van der Waals surface area contributed by atoms with Crippen LogP contribution in [0.15, 0.2) is 29.4 Å². The van der Waals surface area contributed by atoms with Crippen LogP contribution < -0.4 is 11.1 Å². The maximum absolute atomic E-state index is 13.2.